The van der Waals surface area contributed by atoms with Crippen LogP contribution < -0.4 is 0 Å². The maximum absolute atomic E-state index is 2.48. The molecule has 0 radical (unpaired) electrons. The largest absolute Gasteiger partial charge is 0.0619 e. The van der Waals surface area contributed by atoms with Crippen molar-refractivity contribution in [2.75, 3.05) is 0 Å². The lowest BCUT2D eigenvalue weighted by atomic mass is 9.81. The van der Waals surface area contributed by atoms with Crippen molar-refractivity contribution in [1.29, 1.82) is 0 Å². The standard InChI is InChI=1S/C68H48/c1-67(2)62-27-15-13-23-54(62)56-31-29-41(39-64(56)67)44-33-35-52(48-19-7-5-17-46(44)48)60-37-43-38-61(51-22-10-12-26-59(51)66(43)58-25-11-9-21-50(58)60)53-36-34-45(47-18-6-8-20-49(47)53)42-30-32-57-55-24-14-16-28-63(55)68(3,4)65(57)40-42/h5-40H,1-4H3. The van der Waals surface area contributed by atoms with E-state index in [0.717, 1.165) is 0 Å². The van der Waals surface area contributed by atoms with Gasteiger partial charge in [0.2, 0.25) is 0 Å². The zero-order chi connectivity index (χ0) is 45.5. The lowest BCUT2D eigenvalue weighted by molar-refractivity contribution is 0.660. The molecule has 0 bridgehead atoms. The number of fused-ring (bicyclic) bond motifs is 13. The summed E-state index contributed by atoms with van der Waals surface area (Å²) >= 11 is 0. The second kappa shape index (κ2) is 14.2. The van der Waals surface area contributed by atoms with Crippen molar-refractivity contribution in [3.8, 4) is 66.8 Å². The highest BCUT2D eigenvalue weighted by Crippen LogP contribution is 2.53. The predicted octanol–water partition coefficient (Wildman–Crippen LogP) is 18.7. The Morgan fingerprint density at radius 2 is 0.515 bits per heavy atom. The van der Waals surface area contributed by atoms with Crippen molar-refractivity contribution in [3.05, 3.63) is 241 Å². The number of hydrogen-bond acceptors (Lipinski definition) is 0. The Morgan fingerprint density at radius 1 is 0.221 bits per heavy atom. The van der Waals surface area contributed by atoms with Crippen LogP contribution in [0.1, 0.15) is 49.9 Å². The summed E-state index contributed by atoms with van der Waals surface area (Å²) in [5, 5.41) is 12.7. The first-order valence-electron chi connectivity index (χ1n) is 24.2. The fourth-order valence-corrected chi connectivity index (χ4v) is 12.7. The van der Waals surface area contributed by atoms with E-state index in [1.165, 1.54) is 143 Å². The van der Waals surface area contributed by atoms with Gasteiger partial charge >= 0.3 is 0 Å². The molecule has 0 nitrogen and oxygen atoms in total. The van der Waals surface area contributed by atoms with Crippen LogP contribution in [0.5, 0.6) is 0 Å². The molecule has 320 valence electrons. The van der Waals surface area contributed by atoms with Crippen molar-refractivity contribution in [2.24, 2.45) is 0 Å². The Hall–Kier alpha value is -8.06. The molecular weight excluding hydrogens is 817 g/mol. The molecule has 2 aliphatic rings. The molecule has 12 aromatic carbocycles. The van der Waals surface area contributed by atoms with Gasteiger partial charge in [-0.25, -0.2) is 0 Å². The summed E-state index contributed by atoms with van der Waals surface area (Å²) in [6.07, 6.45) is 0. The number of hydrogen-bond donors (Lipinski definition) is 0. The van der Waals surface area contributed by atoms with Gasteiger partial charge in [0.25, 0.3) is 0 Å². The second-order valence-electron chi connectivity index (χ2n) is 20.3. The van der Waals surface area contributed by atoms with Crippen LogP contribution in [-0.4, -0.2) is 0 Å². The molecule has 12 aromatic rings. The van der Waals surface area contributed by atoms with E-state index in [-0.39, 0.29) is 10.8 Å². The first kappa shape index (κ1) is 39.1. The Labute approximate surface area is 397 Å². The van der Waals surface area contributed by atoms with Crippen LogP contribution in [0.15, 0.2) is 218 Å². The lowest BCUT2D eigenvalue weighted by Gasteiger charge is -2.22. The molecule has 0 N–H and O–H groups in total. The second-order valence-corrected chi connectivity index (χ2v) is 20.3. The average molecular weight is 865 g/mol. The van der Waals surface area contributed by atoms with Gasteiger partial charge in [-0.05, 0) is 167 Å². The molecule has 68 heavy (non-hydrogen) atoms. The van der Waals surface area contributed by atoms with Crippen LogP contribution in [0.3, 0.4) is 0 Å². The minimum absolute atomic E-state index is 0.0633. The highest BCUT2D eigenvalue weighted by molar-refractivity contribution is 6.27. The molecule has 0 heteroatoms. The summed E-state index contributed by atoms with van der Waals surface area (Å²) in [5.74, 6) is 0. The summed E-state index contributed by atoms with van der Waals surface area (Å²) in [6, 6.07) is 82.7. The fourth-order valence-electron chi connectivity index (χ4n) is 12.7. The van der Waals surface area contributed by atoms with Crippen LogP contribution in [0.2, 0.25) is 0 Å². The van der Waals surface area contributed by atoms with Gasteiger partial charge in [0.1, 0.15) is 0 Å². The van der Waals surface area contributed by atoms with Gasteiger partial charge in [0.05, 0.1) is 0 Å². The lowest BCUT2D eigenvalue weighted by Crippen LogP contribution is -2.14. The normalized spacial score (nSPS) is 14.1. The van der Waals surface area contributed by atoms with E-state index in [0.29, 0.717) is 0 Å². The molecule has 0 aromatic heterocycles. The summed E-state index contributed by atoms with van der Waals surface area (Å²) in [6.45, 7) is 9.48. The Balaban J connectivity index is 0.949. The van der Waals surface area contributed by atoms with Crippen molar-refractivity contribution in [1.82, 2.24) is 0 Å². The molecule has 0 spiro atoms. The van der Waals surface area contributed by atoms with Crippen molar-refractivity contribution >= 4 is 53.9 Å². The molecule has 0 heterocycles. The SMILES string of the molecule is CC1(C)c2ccccc2-c2ccc(-c3ccc(-c4cc5cc(-c6ccc(-c7ccc8c(c7)C(C)(C)c7ccccc7-8)c7ccccc67)c6ccccc6c5c5ccccc45)c4ccccc34)cc21. The van der Waals surface area contributed by atoms with Gasteiger partial charge in [-0.2, -0.15) is 0 Å². The Kier molecular flexibility index (Phi) is 8.19. The van der Waals surface area contributed by atoms with Crippen molar-refractivity contribution in [3.63, 3.8) is 0 Å². The average Bonchev–Trinajstić information content (AvgIpc) is 3.76. The third-order valence-electron chi connectivity index (χ3n) is 16.1. The Bertz CT molecular complexity index is 3870. The highest BCUT2D eigenvalue weighted by Gasteiger charge is 2.36. The van der Waals surface area contributed by atoms with Crippen LogP contribution >= 0.6 is 0 Å². The van der Waals surface area contributed by atoms with Gasteiger partial charge in [-0.15, -0.1) is 0 Å². The van der Waals surface area contributed by atoms with Gasteiger partial charge in [0, 0.05) is 10.8 Å². The molecule has 0 atom stereocenters. The molecule has 0 amide bonds. The first-order chi connectivity index (χ1) is 33.3. The first-order valence-corrected chi connectivity index (χ1v) is 24.2. The van der Waals surface area contributed by atoms with E-state index in [1.807, 2.05) is 0 Å². The highest BCUT2D eigenvalue weighted by atomic mass is 14.4. The summed E-state index contributed by atoms with van der Waals surface area (Å²) < 4.78 is 0. The van der Waals surface area contributed by atoms with E-state index in [1.54, 1.807) is 0 Å². The molecule has 0 aliphatic heterocycles. The van der Waals surface area contributed by atoms with Crippen LogP contribution in [-0.2, 0) is 10.8 Å². The zero-order valence-electron chi connectivity index (χ0n) is 38.8. The minimum Gasteiger partial charge on any atom is -0.0619 e. The molecule has 0 saturated carbocycles. The molecular formula is C68H48. The molecule has 0 fully saturated rings. The van der Waals surface area contributed by atoms with E-state index in [4.69, 9.17) is 0 Å². The smallest absolute Gasteiger partial charge is 0.0159 e. The van der Waals surface area contributed by atoms with Gasteiger partial charge in [0.15, 0.2) is 0 Å². The van der Waals surface area contributed by atoms with E-state index in [2.05, 4.69) is 246 Å². The third kappa shape index (κ3) is 5.43. The van der Waals surface area contributed by atoms with Gasteiger partial charge in [-0.3, -0.25) is 0 Å². The maximum Gasteiger partial charge on any atom is 0.0159 e. The minimum atomic E-state index is -0.0633. The fraction of sp³-hybridized carbons (Fsp3) is 0.0882. The van der Waals surface area contributed by atoms with Crippen LogP contribution in [0.4, 0.5) is 0 Å². The molecule has 0 unspecified atom stereocenters. The number of rotatable bonds is 4. The van der Waals surface area contributed by atoms with Crippen molar-refractivity contribution in [2.45, 2.75) is 38.5 Å². The predicted molar refractivity (Wildman–Crippen MR) is 291 cm³/mol. The van der Waals surface area contributed by atoms with Crippen LogP contribution in [0, 0.1) is 0 Å². The molecule has 0 saturated heterocycles. The molecule has 14 rings (SSSR count). The van der Waals surface area contributed by atoms with E-state index < -0.39 is 0 Å². The zero-order valence-corrected chi connectivity index (χ0v) is 38.8. The van der Waals surface area contributed by atoms with E-state index in [9.17, 15) is 0 Å². The monoisotopic (exact) mass is 864 g/mol. The maximum atomic E-state index is 2.48. The van der Waals surface area contributed by atoms with Gasteiger partial charge in [-0.1, -0.05) is 222 Å². The van der Waals surface area contributed by atoms with Gasteiger partial charge < -0.3 is 0 Å². The topological polar surface area (TPSA) is 0 Å². The van der Waals surface area contributed by atoms with E-state index >= 15 is 0 Å². The van der Waals surface area contributed by atoms with Crippen molar-refractivity contribution < 1.29 is 0 Å². The number of benzene rings is 12. The summed E-state index contributed by atoms with van der Waals surface area (Å²) in [7, 11) is 0. The van der Waals surface area contributed by atoms with Crippen LogP contribution in [0.25, 0.3) is 121 Å². The Morgan fingerprint density at radius 3 is 0.926 bits per heavy atom. The summed E-state index contributed by atoms with van der Waals surface area (Å²) in [5.41, 5.74) is 21.0. The third-order valence-corrected chi connectivity index (χ3v) is 16.1. The summed E-state index contributed by atoms with van der Waals surface area (Å²) in [4.78, 5) is 0. The quantitative estimate of drug-likeness (QED) is 0.155. The molecule has 2 aliphatic carbocycles.